The van der Waals surface area contributed by atoms with Crippen LogP contribution in [0.2, 0.25) is 0 Å². The molecule has 0 aromatic heterocycles. The van der Waals surface area contributed by atoms with Crippen molar-refractivity contribution in [3.8, 4) is 5.75 Å². The van der Waals surface area contributed by atoms with Crippen molar-refractivity contribution in [2.24, 2.45) is 0 Å². The van der Waals surface area contributed by atoms with Crippen LogP contribution in [0, 0.1) is 0 Å². The summed E-state index contributed by atoms with van der Waals surface area (Å²) in [4.78, 5) is 10.6. The first-order chi connectivity index (χ1) is 6.72. The summed E-state index contributed by atoms with van der Waals surface area (Å²) < 4.78 is 6.01. The number of hydrogen-bond acceptors (Lipinski definition) is 2. The van der Waals surface area contributed by atoms with Gasteiger partial charge in [0.05, 0.1) is 11.6 Å². The summed E-state index contributed by atoms with van der Waals surface area (Å²) in [6.07, 6.45) is 3.28. The predicted octanol–water partition coefficient (Wildman–Crippen LogP) is 3.00. The lowest BCUT2D eigenvalue weighted by atomic mass is 10.1. The molecule has 0 unspecified atom stereocenters. The van der Waals surface area contributed by atoms with E-state index in [0.29, 0.717) is 12.0 Å². The maximum Gasteiger partial charge on any atom is 0.150 e. The molecule has 0 atom stereocenters. The van der Waals surface area contributed by atoms with Crippen molar-refractivity contribution >= 4 is 22.2 Å². The Balaban J connectivity index is 3.26. The molecule has 14 heavy (non-hydrogen) atoms. The molecule has 0 amide bonds. The molecule has 1 aromatic rings. The van der Waals surface area contributed by atoms with Crippen LogP contribution in [0.4, 0.5) is 0 Å². The van der Waals surface area contributed by atoms with Crippen molar-refractivity contribution < 1.29 is 9.53 Å². The van der Waals surface area contributed by atoms with Gasteiger partial charge in [0.15, 0.2) is 0 Å². The van der Waals surface area contributed by atoms with E-state index in [0.717, 1.165) is 22.1 Å². The number of carbonyl (C=O) groups excluding carboxylic acids is 1. The summed E-state index contributed by atoms with van der Waals surface area (Å²) >= 11 is 3.35. The Morgan fingerprint density at radius 1 is 1.57 bits per heavy atom. The fraction of sp³-hybridized carbons (Fsp3) is 0.182. The molecule has 0 aliphatic rings. The molecule has 0 radical (unpaired) electrons. The average Bonchev–Trinajstić information content (AvgIpc) is 2.18. The largest absolute Gasteiger partial charge is 0.495 e. The monoisotopic (exact) mass is 254 g/mol. The van der Waals surface area contributed by atoms with E-state index in [4.69, 9.17) is 4.74 Å². The minimum absolute atomic E-state index is 0.634. The standard InChI is InChI=1S/C11H11BrO2/c1-3-4-9-5-8(7-13)6-10(12)11(9)14-2/h3,5-7H,1,4H2,2H3. The second kappa shape index (κ2) is 4.96. The highest BCUT2D eigenvalue weighted by Gasteiger charge is 2.08. The van der Waals surface area contributed by atoms with Gasteiger partial charge in [0, 0.05) is 5.56 Å². The molecule has 1 aromatic carbocycles. The van der Waals surface area contributed by atoms with Gasteiger partial charge in [-0.3, -0.25) is 4.79 Å². The van der Waals surface area contributed by atoms with Crippen LogP contribution in [0.15, 0.2) is 29.3 Å². The van der Waals surface area contributed by atoms with Crippen molar-refractivity contribution in [2.75, 3.05) is 7.11 Å². The number of halogens is 1. The van der Waals surface area contributed by atoms with Crippen LogP contribution in [0.3, 0.4) is 0 Å². The summed E-state index contributed by atoms with van der Waals surface area (Å²) in [6, 6.07) is 3.54. The molecule has 0 spiro atoms. The van der Waals surface area contributed by atoms with E-state index in [1.54, 1.807) is 25.3 Å². The van der Waals surface area contributed by atoms with E-state index in [1.807, 2.05) is 0 Å². The lowest BCUT2D eigenvalue weighted by Crippen LogP contribution is -1.94. The van der Waals surface area contributed by atoms with Gasteiger partial charge in [-0.05, 0) is 40.0 Å². The van der Waals surface area contributed by atoms with Gasteiger partial charge in [0.2, 0.25) is 0 Å². The molecule has 0 bridgehead atoms. The highest BCUT2D eigenvalue weighted by atomic mass is 79.9. The summed E-state index contributed by atoms with van der Waals surface area (Å²) in [6.45, 7) is 3.66. The first-order valence-electron chi connectivity index (χ1n) is 4.15. The van der Waals surface area contributed by atoms with Gasteiger partial charge in [-0.2, -0.15) is 0 Å². The molecule has 0 aliphatic heterocycles. The molecular formula is C11H11BrO2. The third-order valence-corrected chi connectivity index (χ3v) is 2.44. The number of rotatable bonds is 4. The molecule has 0 aliphatic carbocycles. The Labute approximate surface area is 91.7 Å². The Morgan fingerprint density at radius 2 is 2.29 bits per heavy atom. The van der Waals surface area contributed by atoms with Gasteiger partial charge in [0.1, 0.15) is 12.0 Å². The quantitative estimate of drug-likeness (QED) is 0.610. The third kappa shape index (κ3) is 2.23. The number of hydrogen-bond donors (Lipinski definition) is 0. The van der Waals surface area contributed by atoms with Gasteiger partial charge >= 0.3 is 0 Å². The lowest BCUT2D eigenvalue weighted by Gasteiger charge is -2.09. The lowest BCUT2D eigenvalue weighted by molar-refractivity contribution is 0.112. The molecule has 74 valence electrons. The van der Waals surface area contributed by atoms with E-state index in [-0.39, 0.29) is 0 Å². The summed E-state index contributed by atoms with van der Waals surface area (Å²) in [5.41, 5.74) is 1.59. The van der Waals surface area contributed by atoms with Gasteiger partial charge in [-0.25, -0.2) is 0 Å². The van der Waals surface area contributed by atoms with Crippen LogP contribution in [-0.4, -0.2) is 13.4 Å². The minimum Gasteiger partial charge on any atom is -0.495 e. The van der Waals surface area contributed by atoms with Gasteiger partial charge in [-0.1, -0.05) is 6.08 Å². The minimum atomic E-state index is 0.634. The number of carbonyl (C=O) groups is 1. The zero-order valence-electron chi connectivity index (χ0n) is 7.92. The van der Waals surface area contributed by atoms with Crippen LogP contribution in [0.5, 0.6) is 5.75 Å². The summed E-state index contributed by atoms with van der Waals surface area (Å²) in [5, 5.41) is 0. The zero-order valence-corrected chi connectivity index (χ0v) is 9.50. The van der Waals surface area contributed by atoms with E-state index < -0.39 is 0 Å². The normalized spacial score (nSPS) is 9.57. The van der Waals surface area contributed by atoms with E-state index in [1.165, 1.54) is 0 Å². The summed E-state index contributed by atoms with van der Waals surface area (Å²) in [7, 11) is 1.60. The number of benzene rings is 1. The Kier molecular flexibility index (Phi) is 3.89. The Morgan fingerprint density at radius 3 is 2.79 bits per heavy atom. The van der Waals surface area contributed by atoms with Crippen LogP contribution in [0.25, 0.3) is 0 Å². The predicted molar refractivity (Wildman–Crippen MR) is 60.0 cm³/mol. The highest BCUT2D eigenvalue weighted by Crippen LogP contribution is 2.30. The fourth-order valence-corrected chi connectivity index (χ4v) is 1.96. The topological polar surface area (TPSA) is 26.3 Å². The highest BCUT2D eigenvalue weighted by molar-refractivity contribution is 9.10. The van der Waals surface area contributed by atoms with Gasteiger partial charge in [-0.15, -0.1) is 6.58 Å². The van der Waals surface area contributed by atoms with Crippen molar-refractivity contribution in [3.63, 3.8) is 0 Å². The van der Waals surface area contributed by atoms with E-state index >= 15 is 0 Å². The van der Waals surface area contributed by atoms with Crippen LogP contribution >= 0.6 is 15.9 Å². The Hall–Kier alpha value is -1.09. The maximum absolute atomic E-state index is 10.6. The summed E-state index contributed by atoms with van der Waals surface area (Å²) in [5.74, 6) is 0.760. The number of ether oxygens (including phenoxy) is 1. The molecule has 0 fully saturated rings. The second-order valence-corrected chi connectivity index (χ2v) is 3.66. The molecule has 0 saturated heterocycles. The number of methoxy groups -OCH3 is 1. The Bertz CT molecular complexity index is 359. The van der Waals surface area contributed by atoms with E-state index in [2.05, 4.69) is 22.5 Å². The van der Waals surface area contributed by atoms with Crippen molar-refractivity contribution in [2.45, 2.75) is 6.42 Å². The maximum atomic E-state index is 10.6. The third-order valence-electron chi connectivity index (χ3n) is 1.85. The second-order valence-electron chi connectivity index (χ2n) is 2.81. The number of aldehydes is 1. The average molecular weight is 255 g/mol. The zero-order chi connectivity index (χ0) is 10.6. The van der Waals surface area contributed by atoms with Crippen molar-refractivity contribution in [1.82, 2.24) is 0 Å². The van der Waals surface area contributed by atoms with Gasteiger partial charge < -0.3 is 4.74 Å². The molecule has 1 rings (SSSR count). The molecule has 2 nitrogen and oxygen atoms in total. The first kappa shape index (κ1) is 11.0. The SMILES string of the molecule is C=CCc1cc(C=O)cc(Br)c1OC. The molecule has 0 heterocycles. The molecular weight excluding hydrogens is 244 g/mol. The molecule has 0 N–H and O–H groups in total. The van der Waals surface area contributed by atoms with Crippen LogP contribution in [-0.2, 0) is 6.42 Å². The molecule has 0 saturated carbocycles. The molecule has 3 heteroatoms. The first-order valence-corrected chi connectivity index (χ1v) is 4.94. The number of allylic oxidation sites excluding steroid dienone is 1. The van der Waals surface area contributed by atoms with Crippen LogP contribution < -0.4 is 4.74 Å². The van der Waals surface area contributed by atoms with Gasteiger partial charge in [0.25, 0.3) is 0 Å². The smallest absolute Gasteiger partial charge is 0.150 e. The fourth-order valence-electron chi connectivity index (χ4n) is 1.28. The van der Waals surface area contributed by atoms with E-state index in [9.17, 15) is 4.79 Å². The van der Waals surface area contributed by atoms with Crippen LogP contribution in [0.1, 0.15) is 15.9 Å². The van der Waals surface area contributed by atoms with Crippen molar-refractivity contribution in [3.05, 3.63) is 40.4 Å². The van der Waals surface area contributed by atoms with Crippen molar-refractivity contribution in [1.29, 1.82) is 0 Å².